The van der Waals surface area contributed by atoms with E-state index in [-0.39, 0.29) is 9.70 Å². The lowest BCUT2D eigenvalue weighted by Crippen LogP contribution is -2.34. The van der Waals surface area contributed by atoms with Crippen LogP contribution < -0.4 is 0 Å². The highest BCUT2D eigenvalue weighted by Crippen LogP contribution is 2.10. The van der Waals surface area contributed by atoms with Crippen molar-refractivity contribution in [3.8, 4) is 0 Å². The highest BCUT2D eigenvalue weighted by Gasteiger charge is 2.19. The fourth-order valence-electron chi connectivity index (χ4n) is 1.40. The molecule has 1 heterocycles. The lowest BCUT2D eigenvalue weighted by Gasteiger charge is -2.17. The van der Waals surface area contributed by atoms with Crippen LogP contribution in [0.3, 0.4) is 0 Å². The zero-order valence-corrected chi connectivity index (χ0v) is 9.04. The van der Waals surface area contributed by atoms with E-state index in [0.29, 0.717) is 0 Å². The Balaban J connectivity index is 2.48. The third-order valence-electron chi connectivity index (χ3n) is 2.06. The van der Waals surface area contributed by atoms with Gasteiger partial charge in [-0.25, -0.2) is 0 Å². The molecule has 0 aromatic rings. The van der Waals surface area contributed by atoms with Crippen LogP contribution in [0.15, 0.2) is 0 Å². The van der Waals surface area contributed by atoms with Gasteiger partial charge in [-0.1, -0.05) is 12.8 Å². The Morgan fingerprint density at radius 1 is 1.00 bits per heavy atom. The maximum absolute atomic E-state index is 11.2. The van der Waals surface area contributed by atoms with Crippen LogP contribution >= 0.6 is 22.6 Å². The molecule has 1 aliphatic rings. The number of hydrogen-bond donors (Lipinski definition) is 0. The minimum absolute atomic E-state index is 0.322. The van der Waals surface area contributed by atoms with E-state index in [4.69, 9.17) is 0 Å². The molecule has 12 heavy (non-hydrogen) atoms. The average Bonchev–Trinajstić information content (AvgIpc) is 2.30. The first-order valence-electron chi connectivity index (χ1n) is 4.20. The molecular weight excluding hydrogens is 269 g/mol. The molecule has 0 aliphatic carbocycles. The smallest absolute Gasteiger partial charge is 0.300 e. The predicted octanol–water partition coefficient (Wildman–Crippen LogP) is 1.35. The summed E-state index contributed by atoms with van der Waals surface area (Å²) in [5, 5.41) is 0. The minimum Gasteiger partial charge on any atom is -0.335 e. The van der Waals surface area contributed by atoms with E-state index in [1.54, 1.807) is 27.5 Å². The van der Waals surface area contributed by atoms with Crippen LogP contribution in [0.2, 0.25) is 0 Å². The lowest BCUT2D eigenvalue weighted by molar-refractivity contribution is -0.139. The maximum atomic E-state index is 11.2. The third-order valence-corrected chi connectivity index (χ3v) is 2.52. The first-order chi connectivity index (χ1) is 5.72. The zero-order valence-electron chi connectivity index (χ0n) is 6.88. The van der Waals surface area contributed by atoms with Crippen molar-refractivity contribution in [3.63, 3.8) is 0 Å². The summed E-state index contributed by atoms with van der Waals surface area (Å²) in [5.74, 6) is -0.322. The van der Waals surface area contributed by atoms with E-state index >= 15 is 0 Å². The minimum atomic E-state index is -0.366. The molecular formula is C8H12INO2. The summed E-state index contributed by atoms with van der Waals surface area (Å²) in [7, 11) is 0. The fourth-order valence-corrected chi connectivity index (χ4v) is 1.74. The van der Waals surface area contributed by atoms with Crippen molar-refractivity contribution in [2.24, 2.45) is 0 Å². The van der Waals surface area contributed by atoms with Crippen LogP contribution in [0, 0.1) is 0 Å². The number of carbonyl (C=O) groups excluding carboxylic acids is 2. The van der Waals surface area contributed by atoms with Gasteiger partial charge < -0.3 is 4.90 Å². The Morgan fingerprint density at radius 2 is 1.50 bits per heavy atom. The van der Waals surface area contributed by atoms with E-state index in [1.807, 2.05) is 0 Å². The van der Waals surface area contributed by atoms with Crippen molar-refractivity contribution >= 4 is 32.3 Å². The molecule has 3 nitrogen and oxygen atoms in total. The molecule has 0 N–H and O–H groups in total. The Labute approximate surface area is 85.6 Å². The summed E-state index contributed by atoms with van der Waals surface area (Å²) in [6, 6.07) is 0. The first kappa shape index (κ1) is 9.95. The highest BCUT2D eigenvalue weighted by atomic mass is 127. The van der Waals surface area contributed by atoms with E-state index in [9.17, 15) is 9.59 Å². The van der Waals surface area contributed by atoms with Gasteiger partial charge in [0.25, 0.3) is 3.79 Å². The van der Waals surface area contributed by atoms with Gasteiger partial charge >= 0.3 is 5.91 Å². The fraction of sp³-hybridized carbons (Fsp3) is 0.750. The van der Waals surface area contributed by atoms with Crippen LogP contribution in [0.1, 0.15) is 25.7 Å². The van der Waals surface area contributed by atoms with Crippen LogP contribution in [-0.4, -0.2) is 27.7 Å². The number of amides is 1. The third kappa shape index (κ3) is 2.73. The molecule has 0 aromatic heterocycles. The summed E-state index contributed by atoms with van der Waals surface area (Å²) in [6.07, 6.45) is 4.43. The molecule has 0 radical (unpaired) electrons. The van der Waals surface area contributed by atoms with Gasteiger partial charge in [-0.2, -0.15) is 0 Å². The molecule has 1 fully saturated rings. The Kier molecular flexibility index (Phi) is 3.97. The van der Waals surface area contributed by atoms with Crippen molar-refractivity contribution in [2.45, 2.75) is 25.7 Å². The SMILES string of the molecule is O=C(I)C(=O)N1CCCCCC1. The second-order valence-corrected chi connectivity index (χ2v) is 3.96. The highest BCUT2D eigenvalue weighted by molar-refractivity contribution is 14.1. The normalized spacial score (nSPS) is 18.6. The van der Waals surface area contributed by atoms with Crippen molar-refractivity contribution < 1.29 is 9.59 Å². The number of hydrogen-bond acceptors (Lipinski definition) is 2. The topological polar surface area (TPSA) is 37.4 Å². The van der Waals surface area contributed by atoms with Crippen molar-refractivity contribution in [1.29, 1.82) is 0 Å². The van der Waals surface area contributed by atoms with E-state index in [1.165, 1.54) is 12.8 Å². The summed E-state index contributed by atoms with van der Waals surface area (Å²) < 4.78 is -0.366. The number of rotatable bonds is 1. The number of likely N-dealkylation sites (tertiary alicyclic amines) is 1. The molecule has 0 spiro atoms. The maximum Gasteiger partial charge on any atom is 0.300 e. The molecule has 1 amide bonds. The molecule has 68 valence electrons. The average molecular weight is 281 g/mol. The summed E-state index contributed by atoms with van der Waals surface area (Å²) in [6.45, 7) is 1.52. The van der Waals surface area contributed by atoms with Crippen molar-refractivity contribution in [1.82, 2.24) is 4.90 Å². The largest absolute Gasteiger partial charge is 0.335 e. The second kappa shape index (κ2) is 4.79. The molecule has 0 aromatic carbocycles. The van der Waals surface area contributed by atoms with Gasteiger partial charge in [0.05, 0.1) is 0 Å². The predicted molar refractivity (Wildman–Crippen MR) is 54.1 cm³/mol. The van der Waals surface area contributed by atoms with Gasteiger partial charge in [-0.15, -0.1) is 0 Å². The van der Waals surface area contributed by atoms with E-state index < -0.39 is 0 Å². The lowest BCUT2D eigenvalue weighted by atomic mass is 10.2. The van der Waals surface area contributed by atoms with Crippen molar-refractivity contribution in [3.05, 3.63) is 0 Å². The van der Waals surface area contributed by atoms with Gasteiger partial charge in [0, 0.05) is 35.7 Å². The zero-order chi connectivity index (χ0) is 8.97. The van der Waals surface area contributed by atoms with Gasteiger partial charge in [0.1, 0.15) is 0 Å². The van der Waals surface area contributed by atoms with Crippen LogP contribution in [0.25, 0.3) is 0 Å². The molecule has 4 heteroatoms. The molecule has 1 aliphatic heterocycles. The molecule has 0 unspecified atom stereocenters. The van der Waals surface area contributed by atoms with E-state index in [2.05, 4.69) is 0 Å². The summed E-state index contributed by atoms with van der Waals surface area (Å²) >= 11 is 1.55. The van der Waals surface area contributed by atoms with Gasteiger partial charge in [0.2, 0.25) is 0 Å². The van der Waals surface area contributed by atoms with Crippen LogP contribution in [0.5, 0.6) is 0 Å². The van der Waals surface area contributed by atoms with Gasteiger partial charge in [-0.05, 0) is 12.8 Å². The van der Waals surface area contributed by atoms with Gasteiger partial charge in [-0.3, -0.25) is 9.59 Å². The van der Waals surface area contributed by atoms with Gasteiger partial charge in [0.15, 0.2) is 0 Å². The monoisotopic (exact) mass is 281 g/mol. The molecule has 0 atom stereocenters. The number of halogens is 1. The second-order valence-electron chi connectivity index (χ2n) is 2.98. The van der Waals surface area contributed by atoms with Crippen LogP contribution in [0.4, 0.5) is 0 Å². The molecule has 1 saturated heterocycles. The Bertz CT molecular complexity index is 185. The van der Waals surface area contributed by atoms with E-state index in [0.717, 1.165) is 25.9 Å². The molecule has 0 saturated carbocycles. The number of carbonyl (C=O) groups is 2. The number of nitrogens with zero attached hydrogens (tertiary/aromatic N) is 1. The first-order valence-corrected chi connectivity index (χ1v) is 5.28. The molecule has 0 bridgehead atoms. The summed E-state index contributed by atoms with van der Waals surface area (Å²) in [4.78, 5) is 23.6. The van der Waals surface area contributed by atoms with Crippen molar-refractivity contribution in [2.75, 3.05) is 13.1 Å². The standard InChI is InChI=1S/C8H12INO2/c9-7(11)8(12)10-5-3-1-2-4-6-10/h1-6H2. The molecule has 1 rings (SSSR count). The Hall–Kier alpha value is -0.130. The quantitative estimate of drug-likeness (QED) is 0.413. The van der Waals surface area contributed by atoms with Crippen LogP contribution in [-0.2, 0) is 9.59 Å². The Morgan fingerprint density at radius 3 is 1.92 bits per heavy atom. The summed E-state index contributed by atoms with van der Waals surface area (Å²) in [5.41, 5.74) is 0.